The van der Waals surface area contributed by atoms with Crippen molar-refractivity contribution in [3.05, 3.63) is 9.91 Å². The van der Waals surface area contributed by atoms with E-state index in [2.05, 4.69) is 2.98 Å². The predicted octanol–water partition coefficient (Wildman–Crippen LogP) is 1.67. The molecular weight excluding hydrogens is 257 g/mol. The van der Waals surface area contributed by atoms with Gasteiger partial charge in [0.1, 0.15) is 0 Å². The Bertz CT molecular complexity index is 228. The number of carbonyl (C=O) groups is 1. The molecule has 0 atom stereocenters. The summed E-state index contributed by atoms with van der Waals surface area (Å²) in [5, 5.41) is 0. The van der Waals surface area contributed by atoms with Crippen molar-refractivity contribution in [2.24, 2.45) is 2.98 Å². The van der Waals surface area contributed by atoms with E-state index in [0.717, 1.165) is 0 Å². The zero-order chi connectivity index (χ0) is 9.19. The van der Waals surface area contributed by atoms with Gasteiger partial charge >= 0.3 is 80.5 Å². The molecule has 1 aliphatic rings. The monoisotopic (exact) mass is 269 g/mol. The van der Waals surface area contributed by atoms with E-state index in [1.807, 2.05) is 30.7 Å². The molecule has 0 spiro atoms. The van der Waals surface area contributed by atoms with Gasteiger partial charge in [-0.25, -0.2) is 0 Å². The van der Waals surface area contributed by atoms with Crippen molar-refractivity contribution in [2.75, 3.05) is 0 Å². The quantitative estimate of drug-likeness (QED) is 0.726. The Morgan fingerprint density at radius 3 is 2.58 bits per heavy atom. The van der Waals surface area contributed by atoms with Crippen molar-refractivity contribution in [1.82, 2.24) is 0 Å². The van der Waals surface area contributed by atoms with Gasteiger partial charge in [0.2, 0.25) is 0 Å². The first-order valence-electron chi connectivity index (χ1n) is 3.92. The van der Waals surface area contributed by atoms with E-state index in [4.69, 9.17) is 4.74 Å². The third-order valence-electron chi connectivity index (χ3n) is 1.27. The van der Waals surface area contributed by atoms with Crippen molar-refractivity contribution >= 4 is 31.7 Å². The summed E-state index contributed by atoms with van der Waals surface area (Å²) in [7, 11) is 0. The van der Waals surface area contributed by atoms with Crippen LogP contribution < -0.4 is 0 Å². The summed E-state index contributed by atoms with van der Waals surface area (Å²) in [5.74, 6) is 0. The molecular formula is C8H12InNO2. The molecule has 0 saturated carbocycles. The van der Waals surface area contributed by atoms with E-state index in [0.29, 0.717) is 0 Å². The third kappa shape index (κ3) is 3.01. The van der Waals surface area contributed by atoms with Crippen molar-refractivity contribution < 1.29 is 9.53 Å². The summed E-state index contributed by atoms with van der Waals surface area (Å²) in [6.07, 6.45) is 3.54. The van der Waals surface area contributed by atoms with E-state index < -0.39 is 21.7 Å². The Morgan fingerprint density at radius 2 is 2.17 bits per heavy atom. The average molecular weight is 269 g/mol. The van der Waals surface area contributed by atoms with Gasteiger partial charge in [0.25, 0.3) is 0 Å². The number of ether oxygens (including phenoxy) is 1. The maximum atomic E-state index is 11.4. The molecule has 4 heteroatoms. The second-order valence-corrected chi connectivity index (χ2v) is 9.50. The van der Waals surface area contributed by atoms with Gasteiger partial charge in [-0.05, 0) is 0 Å². The molecule has 3 nitrogen and oxygen atoms in total. The fraction of sp³-hybridized carbons (Fsp3) is 0.500. The number of rotatable bonds is 1. The number of nitrogens with zero attached hydrogens (tertiary/aromatic N) is 1. The molecule has 1 aliphatic heterocycles. The molecule has 64 valence electrons. The molecule has 0 bridgehead atoms. The molecule has 1 heterocycles. The summed E-state index contributed by atoms with van der Waals surface area (Å²) < 4.78 is 11.2. The van der Waals surface area contributed by atoms with Crippen molar-refractivity contribution in [2.45, 2.75) is 26.4 Å². The SMILES string of the molecule is CC(C)(C)O[C](=O)[In]1[CH]=CC=[N]1. The first kappa shape index (κ1) is 9.84. The summed E-state index contributed by atoms with van der Waals surface area (Å²) in [5.41, 5.74) is -0.375. The Kier molecular flexibility index (Phi) is 2.99. The summed E-state index contributed by atoms with van der Waals surface area (Å²) in [6, 6.07) is 0. The summed E-state index contributed by atoms with van der Waals surface area (Å²) in [4.78, 5) is 11.4. The van der Waals surface area contributed by atoms with Crippen LogP contribution in [0.25, 0.3) is 0 Å². The zero-order valence-corrected chi connectivity index (χ0v) is 10.9. The van der Waals surface area contributed by atoms with Gasteiger partial charge in [0.15, 0.2) is 0 Å². The standard InChI is InChI=1S/C5H9O2.C3H3N.In/c1-5(2,3)7-4-6;1-2-3-4;/h1-3H3;1-3H;/q;-1;+1. The average Bonchev–Trinajstić information content (AvgIpc) is 2.32. The van der Waals surface area contributed by atoms with Crippen LogP contribution in [0.2, 0.25) is 0 Å². The Labute approximate surface area is 80.4 Å². The fourth-order valence-corrected chi connectivity index (χ4v) is 4.98. The van der Waals surface area contributed by atoms with Gasteiger partial charge in [0.05, 0.1) is 0 Å². The summed E-state index contributed by atoms with van der Waals surface area (Å²) in [6.45, 7) is 5.62. The molecule has 0 unspecified atom stereocenters. The zero-order valence-electron chi connectivity index (χ0n) is 7.57. The van der Waals surface area contributed by atoms with E-state index >= 15 is 0 Å². The minimum atomic E-state index is -2.42. The number of carbonyl (C=O) groups excluding carboxylic acids is 1. The number of allylic oxidation sites excluding steroid dienone is 1. The molecule has 0 amide bonds. The van der Waals surface area contributed by atoms with Crippen molar-refractivity contribution in [1.29, 1.82) is 0 Å². The molecule has 0 saturated heterocycles. The molecule has 0 fully saturated rings. The molecule has 0 aromatic rings. The van der Waals surface area contributed by atoms with Gasteiger partial charge in [0, 0.05) is 0 Å². The van der Waals surface area contributed by atoms with Gasteiger partial charge in [-0.2, -0.15) is 0 Å². The van der Waals surface area contributed by atoms with Gasteiger partial charge in [-0.15, -0.1) is 0 Å². The van der Waals surface area contributed by atoms with Crippen LogP contribution in [0.15, 0.2) is 12.9 Å². The van der Waals surface area contributed by atoms with Crippen LogP contribution in [-0.2, 0) is 4.74 Å². The minimum absolute atomic E-state index is 0.0747. The van der Waals surface area contributed by atoms with Gasteiger partial charge < -0.3 is 0 Å². The summed E-state index contributed by atoms with van der Waals surface area (Å²) >= 11 is -2.42. The Hall–Kier alpha value is -0.250. The van der Waals surface area contributed by atoms with Crippen LogP contribution in [0, 0.1) is 0 Å². The molecule has 0 aliphatic carbocycles. The third-order valence-corrected chi connectivity index (χ3v) is 6.07. The van der Waals surface area contributed by atoms with E-state index in [1.54, 1.807) is 6.21 Å². The fourth-order valence-electron chi connectivity index (χ4n) is 0.849. The molecule has 12 heavy (non-hydrogen) atoms. The molecule has 0 aromatic carbocycles. The van der Waals surface area contributed by atoms with E-state index in [9.17, 15) is 4.79 Å². The second kappa shape index (κ2) is 3.64. The topological polar surface area (TPSA) is 38.7 Å². The Morgan fingerprint density at radius 1 is 1.50 bits per heavy atom. The maximum absolute atomic E-state index is 11.4. The van der Waals surface area contributed by atoms with Crippen molar-refractivity contribution in [3.8, 4) is 0 Å². The van der Waals surface area contributed by atoms with E-state index in [1.165, 1.54) is 0 Å². The van der Waals surface area contributed by atoms with Crippen LogP contribution in [-0.4, -0.2) is 37.3 Å². The van der Waals surface area contributed by atoms with Crippen LogP contribution in [0.3, 0.4) is 0 Å². The number of hydrogen-bond donors (Lipinski definition) is 0. The molecule has 0 N–H and O–H groups in total. The van der Waals surface area contributed by atoms with Gasteiger partial charge in [-0.3, -0.25) is 0 Å². The Balaban J connectivity index is 2.49. The number of hydrogen-bond acceptors (Lipinski definition) is 3. The van der Waals surface area contributed by atoms with Crippen molar-refractivity contribution in [3.63, 3.8) is 0 Å². The molecule has 0 aromatic heterocycles. The van der Waals surface area contributed by atoms with Gasteiger partial charge in [-0.1, -0.05) is 0 Å². The van der Waals surface area contributed by atoms with Crippen LogP contribution in [0.1, 0.15) is 20.8 Å². The van der Waals surface area contributed by atoms with Crippen LogP contribution in [0.5, 0.6) is 0 Å². The predicted molar refractivity (Wildman–Crippen MR) is 49.6 cm³/mol. The van der Waals surface area contributed by atoms with E-state index in [-0.39, 0.29) is 9.33 Å². The molecule has 1 rings (SSSR count). The van der Waals surface area contributed by atoms with Crippen LogP contribution >= 0.6 is 0 Å². The van der Waals surface area contributed by atoms with Crippen LogP contribution in [0.4, 0.5) is 4.79 Å². The first-order valence-corrected chi connectivity index (χ1v) is 8.94. The molecule has 0 radical (unpaired) electrons. The second-order valence-electron chi connectivity index (χ2n) is 3.66. The first-order chi connectivity index (χ1) is 5.49. The normalized spacial score (nSPS) is 15.4.